The summed E-state index contributed by atoms with van der Waals surface area (Å²) in [5.74, 6) is 1.59. The molecule has 0 aliphatic heterocycles. The van der Waals surface area contributed by atoms with Gasteiger partial charge in [-0.2, -0.15) is 0 Å². The number of nitrogens with one attached hydrogen (secondary N) is 1. The molecule has 1 unspecified atom stereocenters. The Balaban J connectivity index is 4.07. The van der Waals surface area contributed by atoms with E-state index in [4.69, 9.17) is 0 Å². The van der Waals surface area contributed by atoms with E-state index in [1.807, 2.05) is 0 Å². The van der Waals surface area contributed by atoms with Crippen molar-refractivity contribution in [1.29, 1.82) is 0 Å². The molecular formula is C12H27N. The normalized spacial score (nSPS) is 16.6. The third-order valence-corrected chi connectivity index (χ3v) is 3.27. The SMILES string of the molecule is CNCC(C)(CCC(C)C)C(C)C. The van der Waals surface area contributed by atoms with E-state index in [2.05, 4.69) is 47.0 Å². The summed E-state index contributed by atoms with van der Waals surface area (Å²) in [4.78, 5) is 0. The van der Waals surface area contributed by atoms with E-state index in [0.29, 0.717) is 5.41 Å². The van der Waals surface area contributed by atoms with E-state index in [1.165, 1.54) is 12.8 Å². The molecule has 13 heavy (non-hydrogen) atoms. The molecule has 1 N–H and O–H groups in total. The summed E-state index contributed by atoms with van der Waals surface area (Å²) in [6, 6.07) is 0. The van der Waals surface area contributed by atoms with Crippen LogP contribution < -0.4 is 5.32 Å². The number of rotatable bonds is 6. The van der Waals surface area contributed by atoms with Crippen molar-refractivity contribution in [2.75, 3.05) is 13.6 Å². The Labute approximate surface area is 84.3 Å². The van der Waals surface area contributed by atoms with Crippen LogP contribution in [-0.4, -0.2) is 13.6 Å². The topological polar surface area (TPSA) is 12.0 Å². The van der Waals surface area contributed by atoms with Crippen molar-refractivity contribution >= 4 is 0 Å². The zero-order valence-corrected chi connectivity index (χ0v) is 10.3. The summed E-state index contributed by atoms with van der Waals surface area (Å²) in [6.07, 6.45) is 2.68. The molecule has 0 fully saturated rings. The fourth-order valence-corrected chi connectivity index (χ4v) is 1.60. The summed E-state index contributed by atoms with van der Waals surface area (Å²) in [5.41, 5.74) is 0.471. The van der Waals surface area contributed by atoms with Crippen LogP contribution in [-0.2, 0) is 0 Å². The molecule has 0 aromatic carbocycles. The number of hydrogen-bond acceptors (Lipinski definition) is 1. The second kappa shape index (κ2) is 5.64. The lowest BCUT2D eigenvalue weighted by molar-refractivity contribution is 0.182. The van der Waals surface area contributed by atoms with Crippen molar-refractivity contribution in [3.63, 3.8) is 0 Å². The highest BCUT2D eigenvalue weighted by Crippen LogP contribution is 2.32. The molecule has 0 aromatic rings. The van der Waals surface area contributed by atoms with Crippen molar-refractivity contribution < 1.29 is 0 Å². The monoisotopic (exact) mass is 185 g/mol. The molecule has 0 aliphatic carbocycles. The Bertz CT molecular complexity index is 129. The smallest absolute Gasteiger partial charge is 0.000461 e. The first-order chi connectivity index (χ1) is 5.92. The Morgan fingerprint density at radius 1 is 1.15 bits per heavy atom. The van der Waals surface area contributed by atoms with Crippen LogP contribution >= 0.6 is 0 Å². The van der Waals surface area contributed by atoms with Gasteiger partial charge in [0, 0.05) is 6.54 Å². The molecule has 0 rings (SSSR count). The van der Waals surface area contributed by atoms with Gasteiger partial charge in [0.15, 0.2) is 0 Å². The molecule has 1 heteroatoms. The van der Waals surface area contributed by atoms with Crippen LogP contribution in [0.2, 0.25) is 0 Å². The van der Waals surface area contributed by atoms with E-state index >= 15 is 0 Å². The molecule has 0 amide bonds. The maximum atomic E-state index is 3.31. The molecule has 0 radical (unpaired) electrons. The largest absolute Gasteiger partial charge is 0.319 e. The maximum Gasteiger partial charge on any atom is 0.000461 e. The minimum atomic E-state index is 0.471. The molecule has 0 spiro atoms. The van der Waals surface area contributed by atoms with E-state index < -0.39 is 0 Å². The lowest BCUT2D eigenvalue weighted by Crippen LogP contribution is -2.34. The molecule has 0 aliphatic rings. The summed E-state index contributed by atoms with van der Waals surface area (Å²) in [7, 11) is 2.05. The molecule has 1 atom stereocenters. The highest BCUT2D eigenvalue weighted by Gasteiger charge is 2.27. The standard InChI is InChI=1S/C12H27N/c1-10(2)7-8-12(5,9-13-6)11(3)4/h10-11,13H,7-9H2,1-6H3. The molecule has 0 saturated carbocycles. The van der Waals surface area contributed by atoms with E-state index in [1.54, 1.807) is 0 Å². The summed E-state index contributed by atoms with van der Waals surface area (Å²) in [6.45, 7) is 12.8. The second-order valence-corrected chi connectivity index (χ2v) is 5.27. The Hall–Kier alpha value is -0.0400. The van der Waals surface area contributed by atoms with Crippen molar-refractivity contribution in [3.8, 4) is 0 Å². The molecule has 0 bridgehead atoms. The Kier molecular flexibility index (Phi) is 5.62. The quantitative estimate of drug-likeness (QED) is 0.669. The maximum absolute atomic E-state index is 3.31. The predicted molar refractivity (Wildman–Crippen MR) is 60.9 cm³/mol. The van der Waals surface area contributed by atoms with Crippen LogP contribution in [0.3, 0.4) is 0 Å². The van der Waals surface area contributed by atoms with Crippen molar-refractivity contribution in [2.24, 2.45) is 17.3 Å². The predicted octanol–water partition coefficient (Wildman–Crippen LogP) is 3.30. The van der Waals surface area contributed by atoms with Gasteiger partial charge in [-0.15, -0.1) is 0 Å². The van der Waals surface area contributed by atoms with Crippen LogP contribution in [0.15, 0.2) is 0 Å². The molecule has 80 valence electrons. The minimum absolute atomic E-state index is 0.471. The van der Waals surface area contributed by atoms with Crippen molar-refractivity contribution in [2.45, 2.75) is 47.5 Å². The highest BCUT2D eigenvalue weighted by molar-refractivity contribution is 4.79. The zero-order chi connectivity index (χ0) is 10.5. The average molecular weight is 185 g/mol. The van der Waals surface area contributed by atoms with Gasteiger partial charge in [0.05, 0.1) is 0 Å². The van der Waals surface area contributed by atoms with E-state index in [-0.39, 0.29) is 0 Å². The van der Waals surface area contributed by atoms with Crippen LogP contribution in [0.25, 0.3) is 0 Å². The van der Waals surface area contributed by atoms with Gasteiger partial charge < -0.3 is 5.32 Å². The van der Waals surface area contributed by atoms with Gasteiger partial charge in [-0.1, -0.05) is 41.0 Å². The van der Waals surface area contributed by atoms with Crippen molar-refractivity contribution in [3.05, 3.63) is 0 Å². The van der Waals surface area contributed by atoms with Gasteiger partial charge in [0.2, 0.25) is 0 Å². The van der Waals surface area contributed by atoms with E-state index in [9.17, 15) is 0 Å². The third-order valence-electron chi connectivity index (χ3n) is 3.27. The third kappa shape index (κ3) is 4.66. The molecule has 0 aromatic heterocycles. The second-order valence-electron chi connectivity index (χ2n) is 5.27. The minimum Gasteiger partial charge on any atom is -0.319 e. The van der Waals surface area contributed by atoms with Gasteiger partial charge in [0.25, 0.3) is 0 Å². The molecular weight excluding hydrogens is 158 g/mol. The Morgan fingerprint density at radius 3 is 2.00 bits per heavy atom. The first kappa shape index (κ1) is 13.0. The lowest BCUT2D eigenvalue weighted by atomic mass is 9.74. The van der Waals surface area contributed by atoms with Crippen molar-refractivity contribution in [1.82, 2.24) is 5.32 Å². The highest BCUT2D eigenvalue weighted by atomic mass is 14.8. The summed E-state index contributed by atoms with van der Waals surface area (Å²) < 4.78 is 0. The van der Waals surface area contributed by atoms with E-state index in [0.717, 1.165) is 18.4 Å². The average Bonchev–Trinajstić information content (AvgIpc) is 2.01. The first-order valence-electron chi connectivity index (χ1n) is 5.57. The van der Waals surface area contributed by atoms with Crippen LogP contribution in [0.1, 0.15) is 47.5 Å². The fraction of sp³-hybridized carbons (Fsp3) is 1.00. The zero-order valence-electron chi connectivity index (χ0n) is 10.3. The number of hydrogen-bond donors (Lipinski definition) is 1. The van der Waals surface area contributed by atoms with Gasteiger partial charge in [-0.05, 0) is 30.7 Å². The lowest BCUT2D eigenvalue weighted by Gasteiger charge is -2.34. The van der Waals surface area contributed by atoms with Gasteiger partial charge in [-0.25, -0.2) is 0 Å². The van der Waals surface area contributed by atoms with Crippen LogP contribution in [0, 0.1) is 17.3 Å². The first-order valence-corrected chi connectivity index (χ1v) is 5.57. The summed E-state index contributed by atoms with van der Waals surface area (Å²) in [5, 5.41) is 3.31. The molecule has 0 heterocycles. The van der Waals surface area contributed by atoms with Crippen LogP contribution in [0.4, 0.5) is 0 Å². The Morgan fingerprint density at radius 2 is 1.69 bits per heavy atom. The van der Waals surface area contributed by atoms with Gasteiger partial charge in [-0.3, -0.25) is 0 Å². The van der Waals surface area contributed by atoms with Gasteiger partial charge in [0.1, 0.15) is 0 Å². The fourth-order valence-electron chi connectivity index (χ4n) is 1.60. The summed E-state index contributed by atoms with van der Waals surface area (Å²) >= 11 is 0. The van der Waals surface area contributed by atoms with Gasteiger partial charge >= 0.3 is 0 Å². The van der Waals surface area contributed by atoms with Crippen LogP contribution in [0.5, 0.6) is 0 Å². The molecule has 1 nitrogen and oxygen atoms in total. The molecule has 0 saturated heterocycles.